The van der Waals surface area contributed by atoms with Crippen LogP contribution in [0.1, 0.15) is 26.3 Å². The Kier molecular flexibility index (Phi) is 4.35. The zero-order valence-electron chi connectivity index (χ0n) is 12.8. The summed E-state index contributed by atoms with van der Waals surface area (Å²) in [7, 11) is 0. The third-order valence-corrected chi connectivity index (χ3v) is 2.91. The number of nitrogens with one attached hydrogen (secondary N) is 1. The number of hydrogen-bond acceptors (Lipinski definition) is 3. The van der Waals surface area contributed by atoms with E-state index in [-0.39, 0.29) is 6.42 Å². The third kappa shape index (κ3) is 4.48. The predicted octanol–water partition coefficient (Wildman–Crippen LogP) is 3.81. The van der Waals surface area contributed by atoms with Crippen molar-refractivity contribution in [1.29, 1.82) is 0 Å². The van der Waals surface area contributed by atoms with Gasteiger partial charge in [-0.2, -0.15) is 0 Å². The van der Waals surface area contributed by atoms with E-state index < -0.39 is 17.7 Å². The molecular formula is C17H19NO4. The van der Waals surface area contributed by atoms with Crippen molar-refractivity contribution in [3.05, 3.63) is 42.0 Å². The number of carbonyl (C=O) groups excluding carboxylic acids is 1. The van der Waals surface area contributed by atoms with Gasteiger partial charge in [-0.3, -0.25) is 10.1 Å². The van der Waals surface area contributed by atoms with Crippen molar-refractivity contribution in [2.24, 2.45) is 0 Å². The summed E-state index contributed by atoms with van der Waals surface area (Å²) < 4.78 is 5.20. The number of amides is 1. The van der Waals surface area contributed by atoms with Gasteiger partial charge >= 0.3 is 12.1 Å². The zero-order valence-corrected chi connectivity index (χ0v) is 12.8. The summed E-state index contributed by atoms with van der Waals surface area (Å²) in [5, 5.41) is 13.3. The van der Waals surface area contributed by atoms with Gasteiger partial charge in [-0.25, -0.2) is 4.79 Å². The molecule has 5 nitrogen and oxygen atoms in total. The minimum atomic E-state index is -0.859. The zero-order chi connectivity index (χ0) is 16.3. The first-order valence-corrected chi connectivity index (χ1v) is 6.97. The minimum Gasteiger partial charge on any atom is -0.481 e. The monoisotopic (exact) mass is 301 g/mol. The highest BCUT2D eigenvalue weighted by Crippen LogP contribution is 2.21. The van der Waals surface area contributed by atoms with Gasteiger partial charge in [-0.05, 0) is 49.2 Å². The van der Waals surface area contributed by atoms with Gasteiger partial charge < -0.3 is 9.84 Å². The molecule has 0 atom stereocenters. The number of ether oxygens (including phenoxy) is 1. The van der Waals surface area contributed by atoms with Crippen LogP contribution in [0.4, 0.5) is 10.5 Å². The number of anilines is 1. The SMILES string of the molecule is CC(C)(C)OC(=O)Nc1ccc2cc(CC(=O)O)ccc2c1. The molecule has 0 fully saturated rings. The molecule has 2 rings (SSSR count). The molecule has 2 aromatic rings. The van der Waals surface area contributed by atoms with Crippen molar-refractivity contribution in [3.8, 4) is 0 Å². The van der Waals surface area contributed by atoms with E-state index in [9.17, 15) is 9.59 Å². The Labute approximate surface area is 128 Å². The molecule has 0 aliphatic heterocycles. The number of fused-ring (bicyclic) bond motifs is 1. The number of hydrogen-bond donors (Lipinski definition) is 2. The maximum absolute atomic E-state index is 11.7. The molecule has 2 aromatic carbocycles. The molecule has 0 heterocycles. The number of rotatable bonds is 3. The molecule has 0 bridgehead atoms. The quantitative estimate of drug-likeness (QED) is 0.903. The number of benzene rings is 2. The molecule has 5 heteroatoms. The number of carbonyl (C=O) groups is 2. The lowest BCUT2D eigenvalue weighted by Gasteiger charge is -2.19. The fraction of sp³-hybridized carbons (Fsp3) is 0.294. The largest absolute Gasteiger partial charge is 0.481 e. The van der Waals surface area contributed by atoms with Crippen LogP contribution in [-0.4, -0.2) is 22.8 Å². The van der Waals surface area contributed by atoms with E-state index in [0.717, 1.165) is 16.3 Å². The van der Waals surface area contributed by atoms with Crippen LogP contribution in [0.15, 0.2) is 36.4 Å². The van der Waals surface area contributed by atoms with Crippen molar-refractivity contribution in [2.45, 2.75) is 32.8 Å². The summed E-state index contributed by atoms with van der Waals surface area (Å²) >= 11 is 0. The van der Waals surface area contributed by atoms with E-state index in [1.165, 1.54) is 0 Å². The topological polar surface area (TPSA) is 75.6 Å². The van der Waals surface area contributed by atoms with Crippen LogP contribution in [-0.2, 0) is 16.0 Å². The predicted molar refractivity (Wildman–Crippen MR) is 85.1 cm³/mol. The highest BCUT2D eigenvalue weighted by molar-refractivity contribution is 5.91. The molecule has 0 aliphatic carbocycles. The Balaban J connectivity index is 2.17. The normalized spacial score (nSPS) is 11.2. The second kappa shape index (κ2) is 6.05. The number of aliphatic carboxylic acids is 1. The molecule has 116 valence electrons. The van der Waals surface area contributed by atoms with Crippen LogP contribution in [0.25, 0.3) is 10.8 Å². The fourth-order valence-electron chi connectivity index (χ4n) is 2.08. The van der Waals surface area contributed by atoms with Crippen molar-refractivity contribution in [1.82, 2.24) is 0 Å². The van der Waals surface area contributed by atoms with Gasteiger partial charge in [0.2, 0.25) is 0 Å². The molecule has 0 saturated carbocycles. The summed E-state index contributed by atoms with van der Waals surface area (Å²) in [6.07, 6.45) is -0.511. The maximum Gasteiger partial charge on any atom is 0.412 e. The highest BCUT2D eigenvalue weighted by atomic mass is 16.6. The standard InChI is InChI=1S/C17H19NO4/c1-17(2,3)22-16(21)18-14-7-6-12-8-11(9-15(19)20)4-5-13(12)10-14/h4-8,10H,9H2,1-3H3,(H,18,21)(H,19,20). The van der Waals surface area contributed by atoms with E-state index >= 15 is 0 Å². The van der Waals surface area contributed by atoms with E-state index in [0.29, 0.717) is 5.69 Å². The fourth-order valence-corrected chi connectivity index (χ4v) is 2.08. The van der Waals surface area contributed by atoms with Crippen molar-refractivity contribution < 1.29 is 19.4 Å². The lowest BCUT2D eigenvalue weighted by atomic mass is 10.0. The molecular weight excluding hydrogens is 282 g/mol. The van der Waals surface area contributed by atoms with Gasteiger partial charge in [0.05, 0.1) is 6.42 Å². The van der Waals surface area contributed by atoms with Crippen LogP contribution in [0.2, 0.25) is 0 Å². The molecule has 0 aromatic heterocycles. The lowest BCUT2D eigenvalue weighted by Crippen LogP contribution is -2.27. The Morgan fingerprint density at radius 3 is 2.36 bits per heavy atom. The Morgan fingerprint density at radius 1 is 1.09 bits per heavy atom. The van der Waals surface area contributed by atoms with E-state index in [2.05, 4.69) is 5.32 Å². The Hall–Kier alpha value is -2.56. The first-order valence-electron chi connectivity index (χ1n) is 6.97. The second-order valence-electron chi connectivity index (χ2n) is 6.09. The summed E-state index contributed by atoms with van der Waals surface area (Å²) in [4.78, 5) is 22.5. The lowest BCUT2D eigenvalue weighted by molar-refractivity contribution is -0.136. The molecule has 22 heavy (non-hydrogen) atoms. The van der Waals surface area contributed by atoms with E-state index in [1.807, 2.05) is 24.3 Å². The average Bonchev–Trinajstić information content (AvgIpc) is 2.35. The molecule has 0 unspecified atom stereocenters. The summed E-state index contributed by atoms with van der Waals surface area (Å²) in [5.41, 5.74) is 0.827. The Morgan fingerprint density at radius 2 is 1.73 bits per heavy atom. The van der Waals surface area contributed by atoms with Gasteiger partial charge in [0, 0.05) is 5.69 Å². The van der Waals surface area contributed by atoms with Crippen molar-refractivity contribution in [2.75, 3.05) is 5.32 Å². The summed E-state index contributed by atoms with van der Waals surface area (Å²) in [6.45, 7) is 5.41. The van der Waals surface area contributed by atoms with Gasteiger partial charge in [0.25, 0.3) is 0 Å². The van der Waals surface area contributed by atoms with Gasteiger partial charge in [0.15, 0.2) is 0 Å². The summed E-state index contributed by atoms with van der Waals surface area (Å²) in [6, 6.07) is 10.9. The maximum atomic E-state index is 11.7. The minimum absolute atomic E-state index is 0.00610. The van der Waals surface area contributed by atoms with E-state index in [1.54, 1.807) is 32.9 Å². The first kappa shape index (κ1) is 15.8. The van der Waals surface area contributed by atoms with E-state index in [4.69, 9.17) is 9.84 Å². The van der Waals surface area contributed by atoms with Crippen LogP contribution >= 0.6 is 0 Å². The van der Waals surface area contributed by atoms with Gasteiger partial charge in [0.1, 0.15) is 5.60 Å². The Bertz CT molecular complexity index is 716. The van der Waals surface area contributed by atoms with Crippen LogP contribution in [0.3, 0.4) is 0 Å². The first-order chi connectivity index (χ1) is 10.2. The molecule has 1 amide bonds. The van der Waals surface area contributed by atoms with Gasteiger partial charge in [-0.15, -0.1) is 0 Å². The second-order valence-corrected chi connectivity index (χ2v) is 6.09. The van der Waals surface area contributed by atoms with Gasteiger partial charge in [-0.1, -0.05) is 24.3 Å². The molecule has 0 radical (unpaired) electrons. The average molecular weight is 301 g/mol. The smallest absolute Gasteiger partial charge is 0.412 e. The third-order valence-electron chi connectivity index (χ3n) is 2.91. The highest BCUT2D eigenvalue weighted by Gasteiger charge is 2.16. The summed E-state index contributed by atoms with van der Waals surface area (Å²) in [5.74, 6) is -0.859. The van der Waals surface area contributed by atoms with Crippen LogP contribution in [0, 0.1) is 0 Å². The van der Waals surface area contributed by atoms with Crippen LogP contribution in [0.5, 0.6) is 0 Å². The van der Waals surface area contributed by atoms with Crippen molar-refractivity contribution >= 4 is 28.5 Å². The number of carboxylic acid groups (broad SMARTS) is 1. The van der Waals surface area contributed by atoms with Crippen LogP contribution < -0.4 is 5.32 Å². The molecule has 0 saturated heterocycles. The number of carboxylic acids is 1. The molecule has 2 N–H and O–H groups in total. The molecule has 0 spiro atoms. The molecule has 0 aliphatic rings. The van der Waals surface area contributed by atoms with Crippen molar-refractivity contribution in [3.63, 3.8) is 0 Å².